The second-order valence-corrected chi connectivity index (χ2v) is 9.22. The Hall–Kier alpha value is -3.57. The molecule has 1 aromatic carbocycles. The number of nitrogens with one attached hydrogen (secondary N) is 3. The van der Waals surface area contributed by atoms with Gasteiger partial charge in [-0.15, -0.1) is 0 Å². The minimum absolute atomic E-state index is 0.118. The summed E-state index contributed by atoms with van der Waals surface area (Å²) in [4.78, 5) is 25.7. The van der Waals surface area contributed by atoms with Crippen LogP contribution < -0.4 is 20.7 Å². The fourth-order valence-electron chi connectivity index (χ4n) is 3.83. The molecule has 3 aromatic rings. The van der Waals surface area contributed by atoms with E-state index in [-0.39, 0.29) is 18.2 Å². The van der Waals surface area contributed by atoms with Crippen molar-refractivity contribution in [2.24, 2.45) is 0 Å². The predicted octanol–water partition coefficient (Wildman–Crippen LogP) is 3.21. The molecule has 3 heterocycles. The number of hydrogen-bond donors (Lipinski definition) is 4. The summed E-state index contributed by atoms with van der Waals surface area (Å²) in [6, 6.07) is 7.44. The van der Waals surface area contributed by atoms with Crippen molar-refractivity contribution < 1.29 is 23.8 Å². The molecular weight excluding hydrogens is 467 g/mol. The van der Waals surface area contributed by atoms with Crippen LogP contribution in [0.2, 0.25) is 0 Å². The first-order valence-electron chi connectivity index (χ1n) is 11.8. The molecule has 4 rings (SSSR count). The highest BCUT2D eigenvalue weighted by atomic mass is 19.1. The number of aliphatic hydroxyl groups is 1. The minimum atomic E-state index is -1.61. The van der Waals surface area contributed by atoms with Crippen LogP contribution in [0.15, 0.2) is 36.8 Å². The van der Waals surface area contributed by atoms with Gasteiger partial charge in [0.05, 0.1) is 41.4 Å². The Labute approximate surface area is 208 Å². The minimum Gasteiger partial charge on any atom is -0.480 e. The standard InChI is InChI=1S/C25H31FN6O4/c1-25(2,34)21(26)13-28-23(33)18-12-27-22(11-20(18)31-15-6-8-36-9-7-15)32-16-4-5-19-17(10-16)24(35-3)30-14-29-19/h4-5,10-12,14-15,21,34H,6-9,13H2,1-3H3,(H,28,33)(H2,27,31,32). The van der Waals surface area contributed by atoms with Gasteiger partial charge in [0.15, 0.2) is 0 Å². The zero-order chi connectivity index (χ0) is 25.7. The number of hydrogen-bond acceptors (Lipinski definition) is 9. The molecule has 2 aromatic heterocycles. The second-order valence-electron chi connectivity index (χ2n) is 9.22. The van der Waals surface area contributed by atoms with Crippen LogP contribution in [0.3, 0.4) is 0 Å². The van der Waals surface area contributed by atoms with Crippen molar-refractivity contribution in [3.05, 3.63) is 42.4 Å². The lowest BCUT2D eigenvalue weighted by Gasteiger charge is -2.26. The van der Waals surface area contributed by atoms with Crippen molar-refractivity contribution in [3.63, 3.8) is 0 Å². The number of amides is 1. The number of rotatable bonds is 9. The Morgan fingerprint density at radius 2 is 2.03 bits per heavy atom. The van der Waals surface area contributed by atoms with E-state index in [1.54, 1.807) is 13.2 Å². The lowest BCUT2D eigenvalue weighted by atomic mass is 10.0. The van der Waals surface area contributed by atoms with Gasteiger partial charge in [-0.1, -0.05) is 0 Å². The summed E-state index contributed by atoms with van der Waals surface area (Å²) in [5, 5.41) is 19.8. The molecule has 4 N–H and O–H groups in total. The highest BCUT2D eigenvalue weighted by molar-refractivity contribution is 6.00. The Balaban J connectivity index is 1.58. The van der Waals surface area contributed by atoms with E-state index in [0.717, 1.165) is 29.4 Å². The summed E-state index contributed by atoms with van der Waals surface area (Å²) in [7, 11) is 1.55. The molecule has 1 amide bonds. The van der Waals surface area contributed by atoms with Crippen molar-refractivity contribution in [1.29, 1.82) is 0 Å². The molecule has 1 saturated heterocycles. The summed E-state index contributed by atoms with van der Waals surface area (Å²) in [5.41, 5.74) is 0.769. The van der Waals surface area contributed by atoms with Crippen LogP contribution in [0.25, 0.3) is 10.9 Å². The molecule has 192 valence electrons. The van der Waals surface area contributed by atoms with E-state index in [9.17, 15) is 14.3 Å². The van der Waals surface area contributed by atoms with Crippen molar-refractivity contribution in [1.82, 2.24) is 20.3 Å². The van der Waals surface area contributed by atoms with Gasteiger partial charge in [-0.2, -0.15) is 0 Å². The normalized spacial score (nSPS) is 15.4. The summed E-state index contributed by atoms with van der Waals surface area (Å²) in [5.74, 6) is 0.488. The maximum atomic E-state index is 14.2. The molecule has 0 bridgehead atoms. The number of aromatic nitrogens is 3. The summed E-state index contributed by atoms with van der Waals surface area (Å²) >= 11 is 0. The Kier molecular flexibility index (Phi) is 7.80. The number of benzene rings is 1. The molecule has 10 nitrogen and oxygen atoms in total. The zero-order valence-corrected chi connectivity index (χ0v) is 20.5. The molecule has 11 heteroatoms. The molecular formula is C25H31FN6O4. The number of anilines is 3. The third kappa shape index (κ3) is 6.16. The predicted molar refractivity (Wildman–Crippen MR) is 135 cm³/mol. The Morgan fingerprint density at radius 1 is 1.25 bits per heavy atom. The highest BCUT2D eigenvalue weighted by Crippen LogP contribution is 2.28. The number of carbonyl (C=O) groups excluding carboxylic acids is 1. The number of alkyl halides is 1. The third-order valence-electron chi connectivity index (χ3n) is 6.00. The van der Waals surface area contributed by atoms with Crippen LogP contribution in [0.1, 0.15) is 37.0 Å². The average molecular weight is 499 g/mol. The number of halogens is 1. The molecule has 1 atom stereocenters. The molecule has 0 aliphatic carbocycles. The van der Waals surface area contributed by atoms with E-state index < -0.39 is 17.7 Å². The van der Waals surface area contributed by atoms with Gasteiger partial charge in [0.25, 0.3) is 5.91 Å². The van der Waals surface area contributed by atoms with Crippen LogP contribution in [0.5, 0.6) is 5.88 Å². The molecule has 1 aliphatic rings. The highest BCUT2D eigenvalue weighted by Gasteiger charge is 2.27. The first-order chi connectivity index (χ1) is 17.2. The molecule has 1 aliphatic heterocycles. The molecule has 0 spiro atoms. The zero-order valence-electron chi connectivity index (χ0n) is 20.5. The molecule has 0 radical (unpaired) electrons. The smallest absolute Gasteiger partial charge is 0.255 e. The van der Waals surface area contributed by atoms with Crippen LogP contribution in [-0.2, 0) is 4.74 Å². The number of carbonyl (C=O) groups is 1. The van der Waals surface area contributed by atoms with Crippen molar-refractivity contribution in [3.8, 4) is 5.88 Å². The quantitative estimate of drug-likeness (QED) is 0.351. The third-order valence-corrected chi connectivity index (χ3v) is 6.00. The SMILES string of the molecule is COc1ncnc2ccc(Nc3cc(NC4CCOCC4)c(C(=O)NCC(F)C(C)(C)O)cn3)cc12. The average Bonchev–Trinajstić information content (AvgIpc) is 2.87. The van der Waals surface area contributed by atoms with Gasteiger partial charge in [0.1, 0.15) is 18.3 Å². The van der Waals surface area contributed by atoms with Crippen molar-refractivity contribution >= 4 is 34.0 Å². The molecule has 0 saturated carbocycles. The number of fused-ring (bicyclic) bond motifs is 1. The van der Waals surface area contributed by atoms with Gasteiger partial charge in [-0.3, -0.25) is 4.79 Å². The van der Waals surface area contributed by atoms with Crippen molar-refractivity contribution in [2.45, 2.75) is 44.5 Å². The van der Waals surface area contributed by atoms with Gasteiger partial charge in [-0.05, 0) is 44.9 Å². The lowest BCUT2D eigenvalue weighted by molar-refractivity contribution is -0.00177. The first-order valence-corrected chi connectivity index (χ1v) is 11.8. The number of pyridine rings is 1. The number of methoxy groups -OCH3 is 1. The van der Waals surface area contributed by atoms with Crippen LogP contribution in [0, 0.1) is 0 Å². The lowest BCUT2D eigenvalue weighted by Crippen LogP contribution is -2.42. The van der Waals surface area contributed by atoms with Crippen LogP contribution in [-0.4, -0.2) is 70.6 Å². The fraction of sp³-hybridized carbons (Fsp3) is 0.440. The topological polar surface area (TPSA) is 131 Å². The first kappa shape index (κ1) is 25.5. The number of nitrogens with zero attached hydrogens (tertiary/aromatic N) is 3. The molecule has 1 fully saturated rings. The van der Waals surface area contributed by atoms with E-state index in [1.165, 1.54) is 26.4 Å². The maximum Gasteiger partial charge on any atom is 0.255 e. The molecule has 36 heavy (non-hydrogen) atoms. The largest absolute Gasteiger partial charge is 0.480 e. The van der Waals surface area contributed by atoms with Crippen molar-refractivity contribution in [2.75, 3.05) is 37.5 Å². The fourth-order valence-corrected chi connectivity index (χ4v) is 3.83. The monoisotopic (exact) mass is 498 g/mol. The van der Waals surface area contributed by atoms with Crippen LogP contribution in [0.4, 0.5) is 21.6 Å². The summed E-state index contributed by atoms with van der Waals surface area (Å²) < 4.78 is 25.0. The summed E-state index contributed by atoms with van der Waals surface area (Å²) in [6.45, 7) is 3.66. The van der Waals surface area contributed by atoms with Gasteiger partial charge >= 0.3 is 0 Å². The second kappa shape index (κ2) is 11.0. The number of ether oxygens (including phenoxy) is 2. The van der Waals surface area contributed by atoms with E-state index in [4.69, 9.17) is 9.47 Å². The Morgan fingerprint density at radius 3 is 2.75 bits per heavy atom. The van der Waals surface area contributed by atoms with E-state index in [1.807, 2.05) is 18.2 Å². The van der Waals surface area contributed by atoms with Crippen LogP contribution >= 0.6 is 0 Å². The molecule has 1 unspecified atom stereocenters. The van der Waals surface area contributed by atoms with Gasteiger partial charge in [0, 0.05) is 37.2 Å². The Bertz CT molecular complexity index is 1210. The summed E-state index contributed by atoms with van der Waals surface area (Å²) in [6.07, 6.45) is 2.86. The van der Waals surface area contributed by atoms with Gasteiger partial charge in [0.2, 0.25) is 5.88 Å². The van der Waals surface area contributed by atoms with E-state index >= 15 is 0 Å². The van der Waals surface area contributed by atoms with E-state index in [2.05, 4.69) is 30.9 Å². The van der Waals surface area contributed by atoms with Gasteiger partial charge < -0.3 is 30.5 Å². The maximum absolute atomic E-state index is 14.2. The van der Waals surface area contributed by atoms with E-state index in [0.29, 0.717) is 30.6 Å². The van der Waals surface area contributed by atoms with Gasteiger partial charge in [-0.25, -0.2) is 19.3 Å².